The standard InChI is InChI=1S/C15H18BrNO4S/c16-13-5-3-11(4-6-13)9-22(20,21)17-8-12-2-1-7-15(12,10-17)14(18)19/h3-6,12H,1-2,7-10H2,(H,18,19)/t12-,15+/m0/s1. The summed E-state index contributed by atoms with van der Waals surface area (Å²) in [5, 5.41) is 9.55. The van der Waals surface area contributed by atoms with Crippen molar-refractivity contribution in [2.24, 2.45) is 11.3 Å². The zero-order valence-corrected chi connectivity index (χ0v) is 14.4. The van der Waals surface area contributed by atoms with Crippen molar-refractivity contribution in [3.8, 4) is 0 Å². The maximum Gasteiger partial charge on any atom is 0.311 e. The predicted molar refractivity (Wildman–Crippen MR) is 85.7 cm³/mol. The van der Waals surface area contributed by atoms with Gasteiger partial charge in [-0.25, -0.2) is 12.7 Å². The number of nitrogens with zero attached hydrogens (tertiary/aromatic N) is 1. The Labute approximate surface area is 138 Å². The lowest BCUT2D eigenvalue weighted by molar-refractivity contribution is -0.149. The molecule has 1 saturated carbocycles. The van der Waals surface area contributed by atoms with Gasteiger partial charge in [-0.1, -0.05) is 34.5 Å². The van der Waals surface area contributed by atoms with Crippen LogP contribution in [0.3, 0.4) is 0 Å². The summed E-state index contributed by atoms with van der Waals surface area (Å²) < 4.78 is 27.5. The summed E-state index contributed by atoms with van der Waals surface area (Å²) in [5.74, 6) is -0.982. The van der Waals surface area contributed by atoms with E-state index in [1.807, 2.05) is 12.1 Å². The molecular formula is C15H18BrNO4S. The Hall–Kier alpha value is -0.920. The molecule has 1 aliphatic heterocycles. The van der Waals surface area contributed by atoms with Crippen LogP contribution in [0.15, 0.2) is 28.7 Å². The topological polar surface area (TPSA) is 74.7 Å². The quantitative estimate of drug-likeness (QED) is 0.860. The molecule has 1 heterocycles. The minimum absolute atomic E-state index is 0.0512. The zero-order valence-electron chi connectivity index (χ0n) is 12.0. The van der Waals surface area contributed by atoms with E-state index < -0.39 is 21.4 Å². The Kier molecular flexibility index (Phi) is 4.07. The van der Waals surface area contributed by atoms with E-state index in [9.17, 15) is 18.3 Å². The molecule has 5 nitrogen and oxygen atoms in total. The number of halogens is 1. The molecule has 22 heavy (non-hydrogen) atoms. The molecule has 3 rings (SSSR count). The SMILES string of the molecule is O=C(O)[C@@]12CCC[C@H]1CN(S(=O)(=O)Cc1ccc(Br)cc1)C2. The van der Waals surface area contributed by atoms with Crippen LogP contribution in [0.5, 0.6) is 0 Å². The first kappa shape index (κ1) is 16.0. The van der Waals surface area contributed by atoms with Crippen LogP contribution in [-0.4, -0.2) is 36.9 Å². The van der Waals surface area contributed by atoms with Crippen molar-refractivity contribution in [3.05, 3.63) is 34.3 Å². The number of rotatable bonds is 4. The molecule has 1 aromatic carbocycles. The number of carboxylic acid groups (broad SMARTS) is 1. The summed E-state index contributed by atoms with van der Waals surface area (Å²) in [6.07, 6.45) is 2.26. The lowest BCUT2D eigenvalue weighted by Gasteiger charge is -2.23. The molecule has 0 spiro atoms. The fraction of sp³-hybridized carbons (Fsp3) is 0.533. The summed E-state index contributed by atoms with van der Waals surface area (Å²) in [6, 6.07) is 7.15. The van der Waals surface area contributed by atoms with Crippen LogP contribution >= 0.6 is 15.9 Å². The van der Waals surface area contributed by atoms with Gasteiger partial charge in [0, 0.05) is 17.6 Å². The van der Waals surface area contributed by atoms with Crippen molar-refractivity contribution in [1.29, 1.82) is 0 Å². The van der Waals surface area contributed by atoms with Crippen molar-refractivity contribution >= 4 is 31.9 Å². The van der Waals surface area contributed by atoms with E-state index in [0.717, 1.165) is 17.3 Å². The van der Waals surface area contributed by atoms with Crippen molar-refractivity contribution in [2.75, 3.05) is 13.1 Å². The van der Waals surface area contributed by atoms with E-state index in [1.165, 1.54) is 4.31 Å². The fourth-order valence-electron chi connectivity index (χ4n) is 3.69. The minimum Gasteiger partial charge on any atom is -0.481 e. The number of hydrogen-bond donors (Lipinski definition) is 1. The van der Waals surface area contributed by atoms with Gasteiger partial charge < -0.3 is 5.11 Å². The Morgan fingerprint density at radius 1 is 1.36 bits per heavy atom. The van der Waals surface area contributed by atoms with Gasteiger partial charge in [0.1, 0.15) is 0 Å². The predicted octanol–water partition coefficient (Wildman–Crippen LogP) is 2.47. The Morgan fingerprint density at radius 3 is 2.64 bits per heavy atom. The molecule has 0 radical (unpaired) electrons. The van der Waals surface area contributed by atoms with Crippen LogP contribution in [0.1, 0.15) is 24.8 Å². The van der Waals surface area contributed by atoms with Gasteiger partial charge in [-0.05, 0) is 36.5 Å². The molecule has 2 fully saturated rings. The van der Waals surface area contributed by atoms with Crippen molar-refractivity contribution < 1.29 is 18.3 Å². The molecule has 0 unspecified atom stereocenters. The molecule has 7 heteroatoms. The van der Waals surface area contributed by atoms with E-state index in [4.69, 9.17) is 0 Å². The highest BCUT2D eigenvalue weighted by molar-refractivity contribution is 9.10. The fourth-order valence-corrected chi connectivity index (χ4v) is 5.58. The summed E-state index contributed by atoms with van der Waals surface area (Å²) in [5.41, 5.74) is -0.156. The molecule has 2 atom stereocenters. The molecule has 0 amide bonds. The highest BCUT2D eigenvalue weighted by Crippen LogP contribution is 2.49. The summed E-state index contributed by atoms with van der Waals surface area (Å²) in [7, 11) is -3.48. The first-order valence-electron chi connectivity index (χ1n) is 7.29. The second kappa shape index (κ2) is 5.62. The smallest absolute Gasteiger partial charge is 0.311 e. The Balaban J connectivity index is 1.79. The van der Waals surface area contributed by atoms with E-state index in [0.29, 0.717) is 18.5 Å². The van der Waals surface area contributed by atoms with Gasteiger partial charge in [0.25, 0.3) is 0 Å². The molecule has 2 aliphatic rings. The van der Waals surface area contributed by atoms with Crippen LogP contribution < -0.4 is 0 Å². The van der Waals surface area contributed by atoms with Crippen molar-refractivity contribution in [2.45, 2.75) is 25.0 Å². The molecule has 0 aromatic heterocycles. The lowest BCUT2D eigenvalue weighted by Crippen LogP contribution is -2.37. The van der Waals surface area contributed by atoms with Crippen molar-refractivity contribution in [3.63, 3.8) is 0 Å². The highest BCUT2D eigenvalue weighted by atomic mass is 79.9. The second-order valence-corrected chi connectivity index (χ2v) is 9.11. The van der Waals surface area contributed by atoms with Crippen LogP contribution in [0.2, 0.25) is 0 Å². The molecule has 1 aromatic rings. The molecule has 1 aliphatic carbocycles. The van der Waals surface area contributed by atoms with Gasteiger partial charge in [0.15, 0.2) is 0 Å². The number of sulfonamides is 1. The number of aliphatic carboxylic acids is 1. The summed E-state index contributed by atoms with van der Waals surface area (Å²) in [4.78, 5) is 11.6. The first-order chi connectivity index (χ1) is 10.3. The number of hydrogen-bond acceptors (Lipinski definition) is 3. The summed E-state index contributed by atoms with van der Waals surface area (Å²) >= 11 is 3.32. The second-order valence-electron chi connectivity index (χ2n) is 6.23. The van der Waals surface area contributed by atoms with Gasteiger partial charge >= 0.3 is 5.97 Å². The molecule has 1 N–H and O–H groups in total. The third-order valence-electron chi connectivity index (χ3n) is 4.92. The third kappa shape index (κ3) is 2.70. The van der Waals surface area contributed by atoms with Gasteiger partial charge in [0.2, 0.25) is 10.0 Å². The van der Waals surface area contributed by atoms with E-state index in [-0.39, 0.29) is 18.2 Å². The monoisotopic (exact) mass is 387 g/mol. The van der Waals surface area contributed by atoms with Gasteiger partial charge in [-0.15, -0.1) is 0 Å². The maximum absolute atomic E-state index is 12.6. The number of carboxylic acids is 1. The van der Waals surface area contributed by atoms with E-state index >= 15 is 0 Å². The average Bonchev–Trinajstić information content (AvgIpc) is 2.99. The molecule has 0 bridgehead atoms. The Bertz CT molecular complexity index is 688. The van der Waals surface area contributed by atoms with Crippen molar-refractivity contribution in [1.82, 2.24) is 4.31 Å². The lowest BCUT2D eigenvalue weighted by atomic mass is 9.81. The third-order valence-corrected chi connectivity index (χ3v) is 7.21. The zero-order chi connectivity index (χ0) is 16.0. The number of carbonyl (C=O) groups is 1. The average molecular weight is 388 g/mol. The molecular weight excluding hydrogens is 370 g/mol. The van der Waals surface area contributed by atoms with Gasteiger partial charge in [0.05, 0.1) is 11.2 Å². The first-order valence-corrected chi connectivity index (χ1v) is 9.69. The Morgan fingerprint density at radius 2 is 2.05 bits per heavy atom. The van der Waals surface area contributed by atoms with Gasteiger partial charge in [-0.3, -0.25) is 4.79 Å². The molecule has 120 valence electrons. The molecule has 1 saturated heterocycles. The van der Waals surface area contributed by atoms with Crippen LogP contribution in [-0.2, 0) is 20.6 Å². The van der Waals surface area contributed by atoms with E-state index in [1.54, 1.807) is 12.1 Å². The number of benzene rings is 1. The maximum atomic E-state index is 12.6. The normalized spacial score (nSPS) is 28.7. The van der Waals surface area contributed by atoms with E-state index in [2.05, 4.69) is 15.9 Å². The van der Waals surface area contributed by atoms with Crippen LogP contribution in [0, 0.1) is 11.3 Å². The van der Waals surface area contributed by atoms with Crippen LogP contribution in [0.4, 0.5) is 0 Å². The highest BCUT2D eigenvalue weighted by Gasteiger charge is 2.56. The minimum atomic E-state index is -3.48. The largest absolute Gasteiger partial charge is 0.481 e. The van der Waals surface area contributed by atoms with Crippen LogP contribution in [0.25, 0.3) is 0 Å². The van der Waals surface area contributed by atoms with Gasteiger partial charge in [-0.2, -0.15) is 0 Å². The number of fused-ring (bicyclic) bond motifs is 1. The summed E-state index contributed by atoms with van der Waals surface area (Å²) in [6.45, 7) is 0.455.